The molecule has 1 atom stereocenters. The molecule has 0 fully saturated rings. The Hall–Kier alpha value is -4.45. The first kappa shape index (κ1) is 25.6. The summed E-state index contributed by atoms with van der Waals surface area (Å²) in [4.78, 5) is 31.1. The molecule has 0 aliphatic heterocycles. The van der Waals surface area contributed by atoms with Crippen LogP contribution in [0, 0.1) is 5.82 Å². The Balaban J connectivity index is 1.71. The normalized spacial score (nSPS) is 11.4. The number of hydrogen-bond donors (Lipinski definition) is 1. The van der Waals surface area contributed by atoms with E-state index in [2.05, 4.69) is 5.32 Å². The van der Waals surface area contributed by atoms with Crippen LogP contribution in [0.15, 0.2) is 109 Å². The van der Waals surface area contributed by atoms with Crippen LogP contribution in [0.2, 0.25) is 0 Å². The van der Waals surface area contributed by atoms with Gasteiger partial charge < -0.3 is 15.1 Å². The maximum absolute atomic E-state index is 13.8. The standard InChI is InChI=1S/C31H30FN3O2/c1-34(2)28-19-17-27(18-20-28)33-31(37)30(25-13-15-26(32)16-14-25)35(22-24-11-7-4-8-12-24)29(36)21-23-9-5-3-6-10-23/h3-20,30H,21-22H2,1-2H3,(H,33,37). The average Bonchev–Trinajstić information content (AvgIpc) is 2.91. The molecular weight excluding hydrogens is 465 g/mol. The van der Waals surface area contributed by atoms with E-state index in [-0.39, 0.29) is 24.8 Å². The zero-order valence-electron chi connectivity index (χ0n) is 21.0. The summed E-state index contributed by atoms with van der Waals surface area (Å²) in [5.41, 5.74) is 3.87. The van der Waals surface area contributed by atoms with Crippen molar-refractivity contribution in [3.63, 3.8) is 0 Å². The van der Waals surface area contributed by atoms with Crippen molar-refractivity contribution in [3.05, 3.63) is 132 Å². The van der Waals surface area contributed by atoms with Crippen molar-refractivity contribution >= 4 is 23.2 Å². The van der Waals surface area contributed by atoms with Gasteiger partial charge in [-0.2, -0.15) is 0 Å². The number of hydrogen-bond acceptors (Lipinski definition) is 3. The Morgan fingerprint density at radius 2 is 1.32 bits per heavy atom. The van der Waals surface area contributed by atoms with E-state index in [1.54, 1.807) is 17.0 Å². The number of halogens is 1. The summed E-state index contributed by atoms with van der Waals surface area (Å²) in [5.74, 6) is -0.989. The maximum Gasteiger partial charge on any atom is 0.251 e. The minimum atomic E-state index is -0.967. The minimum Gasteiger partial charge on any atom is -0.378 e. The number of benzene rings is 4. The number of nitrogens with one attached hydrogen (secondary N) is 1. The van der Waals surface area contributed by atoms with Gasteiger partial charge in [-0.25, -0.2) is 4.39 Å². The van der Waals surface area contributed by atoms with E-state index in [0.29, 0.717) is 11.3 Å². The quantitative estimate of drug-likeness (QED) is 0.317. The Kier molecular flexibility index (Phi) is 8.31. The van der Waals surface area contributed by atoms with Crippen LogP contribution in [0.3, 0.4) is 0 Å². The molecule has 0 bridgehead atoms. The van der Waals surface area contributed by atoms with E-state index in [9.17, 15) is 14.0 Å². The molecular formula is C31H30FN3O2. The molecule has 0 saturated carbocycles. The van der Waals surface area contributed by atoms with Gasteiger partial charge in [-0.05, 0) is 53.1 Å². The lowest BCUT2D eigenvalue weighted by Crippen LogP contribution is -2.41. The smallest absolute Gasteiger partial charge is 0.251 e. The highest BCUT2D eigenvalue weighted by Gasteiger charge is 2.32. The van der Waals surface area contributed by atoms with Gasteiger partial charge in [0.1, 0.15) is 11.9 Å². The third kappa shape index (κ3) is 6.82. The van der Waals surface area contributed by atoms with Gasteiger partial charge in [-0.15, -0.1) is 0 Å². The summed E-state index contributed by atoms with van der Waals surface area (Å²) in [6.07, 6.45) is 0.135. The maximum atomic E-state index is 13.8. The molecule has 0 saturated heterocycles. The fourth-order valence-corrected chi connectivity index (χ4v) is 4.15. The summed E-state index contributed by atoms with van der Waals surface area (Å²) < 4.78 is 13.8. The van der Waals surface area contributed by atoms with E-state index in [1.165, 1.54) is 12.1 Å². The molecule has 0 radical (unpaired) electrons. The monoisotopic (exact) mass is 495 g/mol. The second-order valence-electron chi connectivity index (χ2n) is 9.05. The second-order valence-corrected chi connectivity index (χ2v) is 9.05. The number of rotatable bonds is 9. The van der Waals surface area contributed by atoms with Crippen molar-refractivity contribution in [1.82, 2.24) is 4.90 Å². The third-order valence-electron chi connectivity index (χ3n) is 6.11. The third-order valence-corrected chi connectivity index (χ3v) is 6.11. The lowest BCUT2D eigenvalue weighted by molar-refractivity contribution is -0.139. The number of carbonyl (C=O) groups is 2. The number of amides is 2. The lowest BCUT2D eigenvalue weighted by atomic mass is 10.0. The van der Waals surface area contributed by atoms with Crippen LogP contribution in [-0.4, -0.2) is 30.8 Å². The Morgan fingerprint density at radius 3 is 1.89 bits per heavy atom. The van der Waals surface area contributed by atoms with Gasteiger partial charge in [0.15, 0.2) is 0 Å². The zero-order chi connectivity index (χ0) is 26.2. The van der Waals surface area contributed by atoms with Gasteiger partial charge in [-0.1, -0.05) is 72.8 Å². The number of anilines is 2. The first-order chi connectivity index (χ1) is 17.9. The molecule has 0 aliphatic rings. The molecule has 188 valence electrons. The molecule has 2 amide bonds. The molecule has 0 heterocycles. The Labute approximate surface area is 217 Å². The first-order valence-corrected chi connectivity index (χ1v) is 12.1. The SMILES string of the molecule is CN(C)c1ccc(NC(=O)C(c2ccc(F)cc2)N(Cc2ccccc2)C(=O)Cc2ccccc2)cc1. The van der Waals surface area contributed by atoms with Crippen molar-refractivity contribution < 1.29 is 14.0 Å². The van der Waals surface area contributed by atoms with Crippen LogP contribution in [0.1, 0.15) is 22.7 Å². The van der Waals surface area contributed by atoms with Gasteiger partial charge in [-0.3, -0.25) is 9.59 Å². The largest absolute Gasteiger partial charge is 0.378 e. The summed E-state index contributed by atoms with van der Waals surface area (Å²) in [5, 5.41) is 2.96. The molecule has 4 aromatic carbocycles. The summed E-state index contributed by atoms with van der Waals surface area (Å²) in [6, 6.07) is 31.2. The van der Waals surface area contributed by atoms with E-state index >= 15 is 0 Å². The van der Waals surface area contributed by atoms with Crippen molar-refractivity contribution in [2.75, 3.05) is 24.3 Å². The first-order valence-electron chi connectivity index (χ1n) is 12.1. The van der Waals surface area contributed by atoms with Crippen molar-refractivity contribution in [2.45, 2.75) is 19.0 Å². The van der Waals surface area contributed by atoms with Crippen molar-refractivity contribution in [1.29, 1.82) is 0 Å². The molecule has 0 spiro atoms. The fourth-order valence-electron chi connectivity index (χ4n) is 4.15. The van der Waals surface area contributed by atoms with Crippen molar-refractivity contribution in [3.8, 4) is 0 Å². The molecule has 1 N–H and O–H groups in total. The van der Waals surface area contributed by atoms with Crippen LogP contribution in [0.5, 0.6) is 0 Å². The lowest BCUT2D eigenvalue weighted by Gasteiger charge is -2.32. The van der Waals surface area contributed by atoms with Gasteiger partial charge in [0.2, 0.25) is 5.91 Å². The molecule has 6 heteroatoms. The molecule has 5 nitrogen and oxygen atoms in total. The molecule has 4 aromatic rings. The molecule has 0 aliphatic carbocycles. The predicted molar refractivity (Wildman–Crippen MR) is 146 cm³/mol. The van der Waals surface area contributed by atoms with Crippen LogP contribution < -0.4 is 10.2 Å². The van der Waals surface area contributed by atoms with Crippen LogP contribution in [0.4, 0.5) is 15.8 Å². The summed E-state index contributed by atoms with van der Waals surface area (Å²) >= 11 is 0. The Morgan fingerprint density at radius 1 is 0.757 bits per heavy atom. The van der Waals surface area contributed by atoms with Crippen molar-refractivity contribution in [2.24, 2.45) is 0 Å². The Bertz CT molecular complexity index is 1310. The highest BCUT2D eigenvalue weighted by Crippen LogP contribution is 2.27. The second kappa shape index (κ2) is 12.0. The van der Waals surface area contributed by atoms with E-state index in [0.717, 1.165) is 16.8 Å². The van der Waals surface area contributed by atoms with Gasteiger partial charge in [0.25, 0.3) is 5.91 Å². The predicted octanol–water partition coefficient (Wildman–Crippen LogP) is 5.84. The average molecular weight is 496 g/mol. The number of nitrogens with zero attached hydrogens (tertiary/aromatic N) is 2. The highest BCUT2D eigenvalue weighted by molar-refractivity contribution is 5.98. The molecule has 0 aromatic heterocycles. The zero-order valence-corrected chi connectivity index (χ0v) is 21.0. The highest BCUT2D eigenvalue weighted by atomic mass is 19.1. The van der Waals surface area contributed by atoms with E-state index in [1.807, 2.05) is 104 Å². The van der Waals surface area contributed by atoms with Crippen LogP contribution in [0.25, 0.3) is 0 Å². The topological polar surface area (TPSA) is 52.7 Å². The molecule has 1 unspecified atom stereocenters. The van der Waals surface area contributed by atoms with Crippen LogP contribution in [-0.2, 0) is 22.6 Å². The van der Waals surface area contributed by atoms with E-state index < -0.39 is 11.9 Å². The van der Waals surface area contributed by atoms with Gasteiger partial charge >= 0.3 is 0 Å². The van der Waals surface area contributed by atoms with E-state index in [4.69, 9.17) is 0 Å². The number of carbonyl (C=O) groups excluding carboxylic acids is 2. The van der Waals surface area contributed by atoms with Gasteiger partial charge in [0.05, 0.1) is 6.42 Å². The summed E-state index contributed by atoms with van der Waals surface area (Å²) in [6.45, 7) is 0.224. The molecule has 4 rings (SSSR count). The van der Waals surface area contributed by atoms with Crippen LogP contribution >= 0.6 is 0 Å². The fraction of sp³-hybridized carbons (Fsp3) is 0.161. The van der Waals surface area contributed by atoms with Gasteiger partial charge in [0, 0.05) is 32.0 Å². The molecule has 37 heavy (non-hydrogen) atoms. The minimum absolute atomic E-state index is 0.135. The summed E-state index contributed by atoms with van der Waals surface area (Å²) in [7, 11) is 3.88.